The van der Waals surface area contributed by atoms with Gasteiger partial charge in [0.25, 0.3) is 0 Å². The standard InChI is InChI=1S/C19H18BrN3OS/c1-2-12-23-18(17(24)14-8-4-3-5-9-14)21-22-19(23)25-13-15-10-6-7-11-16(15)20/h2-11,17,24H,1,12-13H2. The van der Waals surface area contributed by atoms with Crippen molar-refractivity contribution in [3.8, 4) is 0 Å². The van der Waals surface area contributed by atoms with E-state index < -0.39 is 6.10 Å². The number of aliphatic hydroxyl groups excluding tert-OH is 1. The van der Waals surface area contributed by atoms with Crippen molar-refractivity contribution in [1.29, 1.82) is 0 Å². The second kappa shape index (κ2) is 8.47. The van der Waals surface area contributed by atoms with Gasteiger partial charge in [0, 0.05) is 16.8 Å². The highest BCUT2D eigenvalue weighted by Crippen LogP contribution is 2.29. The molecule has 1 atom stereocenters. The number of halogens is 1. The third kappa shape index (κ3) is 4.21. The highest BCUT2D eigenvalue weighted by molar-refractivity contribution is 9.10. The van der Waals surface area contributed by atoms with E-state index in [-0.39, 0.29) is 0 Å². The van der Waals surface area contributed by atoms with Crippen LogP contribution in [-0.2, 0) is 12.3 Å². The third-order valence-corrected chi connectivity index (χ3v) is 5.52. The van der Waals surface area contributed by atoms with Gasteiger partial charge in [0.2, 0.25) is 0 Å². The summed E-state index contributed by atoms with van der Waals surface area (Å²) in [6, 6.07) is 17.6. The molecule has 1 heterocycles. The van der Waals surface area contributed by atoms with Gasteiger partial charge in [-0.1, -0.05) is 82.3 Å². The van der Waals surface area contributed by atoms with Crippen molar-refractivity contribution >= 4 is 27.7 Å². The van der Waals surface area contributed by atoms with Crippen LogP contribution in [0.3, 0.4) is 0 Å². The van der Waals surface area contributed by atoms with Gasteiger partial charge in [-0.05, 0) is 17.2 Å². The van der Waals surface area contributed by atoms with Gasteiger partial charge >= 0.3 is 0 Å². The molecule has 128 valence electrons. The highest BCUT2D eigenvalue weighted by Gasteiger charge is 2.20. The summed E-state index contributed by atoms with van der Waals surface area (Å²) in [5.74, 6) is 1.29. The predicted octanol–water partition coefficient (Wildman–Crippen LogP) is 4.60. The average molecular weight is 416 g/mol. The second-order valence-corrected chi connectivity index (χ2v) is 7.23. The Morgan fingerprint density at radius 3 is 2.56 bits per heavy atom. The Morgan fingerprint density at radius 1 is 1.12 bits per heavy atom. The van der Waals surface area contributed by atoms with Crippen LogP contribution in [-0.4, -0.2) is 19.9 Å². The van der Waals surface area contributed by atoms with E-state index in [1.54, 1.807) is 17.8 Å². The molecule has 0 radical (unpaired) electrons. The Kier molecular flexibility index (Phi) is 6.07. The summed E-state index contributed by atoms with van der Waals surface area (Å²) in [6.45, 7) is 4.35. The molecule has 0 bridgehead atoms. The Hall–Kier alpha value is -1.89. The molecule has 6 heteroatoms. The molecule has 0 aliphatic rings. The third-order valence-electron chi connectivity index (χ3n) is 3.73. The Bertz CT molecular complexity index is 851. The monoisotopic (exact) mass is 415 g/mol. The molecule has 0 amide bonds. The van der Waals surface area contributed by atoms with E-state index in [1.165, 1.54) is 5.56 Å². The first kappa shape index (κ1) is 17.9. The molecule has 1 aromatic heterocycles. The summed E-state index contributed by atoms with van der Waals surface area (Å²) in [5, 5.41) is 19.9. The van der Waals surface area contributed by atoms with Gasteiger partial charge < -0.3 is 5.11 Å². The molecule has 0 spiro atoms. The van der Waals surface area contributed by atoms with Gasteiger partial charge in [-0.25, -0.2) is 0 Å². The molecule has 0 fully saturated rings. The molecule has 0 saturated carbocycles. The number of hydrogen-bond donors (Lipinski definition) is 1. The van der Waals surface area contributed by atoms with Crippen LogP contribution in [0.5, 0.6) is 0 Å². The molecule has 0 saturated heterocycles. The van der Waals surface area contributed by atoms with Crippen molar-refractivity contribution < 1.29 is 5.11 Å². The van der Waals surface area contributed by atoms with Crippen LogP contribution in [0.1, 0.15) is 23.1 Å². The fraction of sp³-hybridized carbons (Fsp3) is 0.158. The van der Waals surface area contributed by atoms with E-state index >= 15 is 0 Å². The Labute approximate surface area is 159 Å². The molecule has 3 rings (SSSR count). The average Bonchev–Trinajstić information content (AvgIpc) is 3.04. The number of aliphatic hydroxyl groups is 1. The van der Waals surface area contributed by atoms with Gasteiger partial charge in [0.15, 0.2) is 11.0 Å². The van der Waals surface area contributed by atoms with E-state index in [1.807, 2.05) is 53.1 Å². The molecular weight excluding hydrogens is 398 g/mol. The quantitative estimate of drug-likeness (QED) is 0.452. The first-order valence-electron chi connectivity index (χ1n) is 7.84. The topological polar surface area (TPSA) is 50.9 Å². The van der Waals surface area contributed by atoms with Crippen LogP contribution in [0.2, 0.25) is 0 Å². The lowest BCUT2D eigenvalue weighted by molar-refractivity contribution is 0.204. The maximum Gasteiger partial charge on any atom is 0.191 e. The number of thioether (sulfide) groups is 1. The summed E-state index contributed by atoms with van der Waals surface area (Å²) in [6.07, 6.45) is 0.971. The molecule has 0 aliphatic carbocycles. The van der Waals surface area contributed by atoms with Crippen LogP contribution in [0, 0.1) is 0 Å². The van der Waals surface area contributed by atoms with Gasteiger partial charge in [0.1, 0.15) is 6.10 Å². The maximum absolute atomic E-state index is 10.7. The number of aromatic nitrogens is 3. The normalized spacial score (nSPS) is 12.1. The fourth-order valence-corrected chi connectivity index (χ4v) is 4.02. The number of hydrogen-bond acceptors (Lipinski definition) is 4. The number of allylic oxidation sites excluding steroid dienone is 1. The number of rotatable bonds is 7. The zero-order valence-corrected chi connectivity index (χ0v) is 15.9. The smallest absolute Gasteiger partial charge is 0.191 e. The number of benzene rings is 2. The van der Waals surface area contributed by atoms with Gasteiger partial charge in [0.05, 0.1) is 0 Å². The summed E-state index contributed by atoms with van der Waals surface area (Å²) in [7, 11) is 0. The molecular formula is C19H18BrN3OS. The van der Waals surface area contributed by atoms with Crippen molar-refractivity contribution in [2.24, 2.45) is 0 Å². The molecule has 3 aromatic rings. The van der Waals surface area contributed by atoms with Crippen molar-refractivity contribution in [3.63, 3.8) is 0 Å². The first-order valence-corrected chi connectivity index (χ1v) is 9.61. The van der Waals surface area contributed by atoms with E-state index in [9.17, 15) is 5.11 Å². The maximum atomic E-state index is 10.7. The lowest BCUT2D eigenvalue weighted by Crippen LogP contribution is -2.10. The Balaban J connectivity index is 1.84. The first-order chi connectivity index (χ1) is 12.2. The van der Waals surface area contributed by atoms with Crippen molar-refractivity contribution in [2.75, 3.05) is 0 Å². The minimum absolute atomic E-state index is 0.528. The zero-order valence-electron chi connectivity index (χ0n) is 13.5. The van der Waals surface area contributed by atoms with E-state index in [0.717, 1.165) is 20.9 Å². The molecule has 0 aliphatic heterocycles. The molecule has 1 N–H and O–H groups in total. The molecule has 1 unspecified atom stereocenters. The summed E-state index contributed by atoms with van der Waals surface area (Å²) >= 11 is 5.15. The highest BCUT2D eigenvalue weighted by atomic mass is 79.9. The van der Waals surface area contributed by atoms with Crippen molar-refractivity contribution in [1.82, 2.24) is 14.8 Å². The van der Waals surface area contributed by atoms with E-state index in [2.05, 4.69) is 38.8 Å². The van der Waals surface area contributed by atoms with Crippen LogP contribution < -0.4 is 0 Å². The summed E-state index contributed by atoms with van der Waals surface area (Å²) in [5.41, 5.74) is 1.98. The van der Waals surface area contributed by atoms with Crippen LogP contribution in [0.15, 0.2) is 76.9 Å². The van der Waals surface area contributed by atoms with E-state index in [0.29, 0.717) is 12.4 Å². The summed E-state index contributed by atoms with van der Waals surface area (Å²) < 4.78 is 2.98. The lowest BCUT2D eigenvalue weighted by Gasteiger charge is -2.13. The second-order valence-electron chi connectivity index (χ2n) is 5.43. The largest absolute Gasteiger partial charge is 0.380 e. The van der Waals surface area contributed by atoms with Gasteiger partial charge in [-0.3, -0.25) is 4.57 Å². The zero-order chi connectivity index (χ0) is 17.6. The van der Waals surface area contributed by atoms with Gasteiger partial charge in [-0.15, -0.1) is 16.8 Å². The molecule has 25 heavy (non-hydrogen) atoms. The SMILES string of the molecule is C=CCn1c(SCc2ccccc2Br)nnc1C(O)c1ccccc1. The van der Waals surface area contributed by atoms with Crippen molar-refractivity contribution in [2.45, 2.75) is 23.6 Å². The van der Waals surface area contributed by atoms with Crippen LogP contribution in [0.25, 0.3) is 0 Å². The predicted molar refractivity (Wildman–Crippen MR) is 104 cm³/mol. The fourth-order valence-electron chi connectivity index (χ4n) is 2.45. The lowest BCUT2D eigenvalue weighted by atomic mass is 10.1. The summed E-state index contributed by atoms with van der Waals surface area (Å²) in [4.78, 5) is 0. The Morgan fingerprint density at radius 2 is 1.84 bits per heavy atom. The van der Waals surface area contributed by atoms with Crippen molar-refractivity contribution in [3.05, 3.63) is 88.7 Å². The van der Waals surface area contributed by atoms with E-state index in [4.69, 9.17) is 0 Å². The van der Waals surface area contributed by atoms with Crippen LogP contribution in [0.4, 0.5) is 0 Å². The van der Waals surface area contributed by atoms with Gasteiger partial charge in [-0.2, -0.15) is 0 Å². The molecule has 2 aromatic carbocycles. The van der Waals surface area contributed by atoms with Crippen LogP contribution >= 0.6 is 27.7 Å². The molecule has 4 nitrogen and oxygen atoms in total. The minimum Gasteiger partial charge on any atom is -0.380 e. The minimum atomic E-state index is -0.813. The number of nitrogens with zero attached hydrogens (tertiary/aromatic N) is 3.